The van der Waals surface area contributed by atoms with Crippen LogP contribution in [-0.4, -0.2) is 30.0 Å². The Kier molecular flexibility index (Phi) is 3.44. The molecule has 3 rings (SSSR count). The maximum Gasteiger partial charge on any atom is 0.435 e. The molecule has 22 heavy (non-hydrogen) atoms. The summed E-state index contributed by atoms with van der Waals surface area (Å²) in [4.78, 5) is 7.38. The molecule has 1 aromatic carbocycles. The molecule has 0 saturated heterocycles. The molecule has 1 atom stereocenters. The second-order valence-electron chi connectivity index (χ2n) is 4.44. The van der Waals surface area contributed by atoms with Gasteiger partial charge in [0.1, 0.15) is 5.52 Å². The lowest BCUT2D eigenvalue weighted by atomic mass is 10.2. The highest BCUT2D eigenvalue weighted by Crippen LogP contribution is 2.34. The van der Waals surface area contributed by atoms with E-state index >= 15 is 0 Å². The Morgan fingerprint density at radius 2 is 1.86 bits per heavy atom. The smallest absolute Gasteiger partial charge is 0.251 e. The number of imidazole rings is 1. The van der Waals surface area contributed by atoms with E-state index in [4.69, 9.17) is 0 Å². The van der Waals surface area contributed by atoms with Gasteiger partial charge in [-0.1, -0.05) is 30.3 Å². The van der Waals surface area contributed by atoms with Crippen LogP contribution in [0.1, 0.15) is 5.69 Å². The first kappa shape index (κ1) is 14.6. The molecule has 0 aliphatic carbocycles. The molecule has 114 valence electrons. The lowest BCUT2D eigenvalue weighted by Crippen LogP contribution is -2.08. The number of halogens is 3. The molecule has 0 aliphatic heterocycles. The molecule has 9 heteroatoms. The van der Waals surface area contributed by atoms with Crippen molar-refractivity contribution in [3.8, 4) is 11.4 Å². The van der Waals surface area contributed by atoms with Crippen LogP contribution in [0.15, 0.2) is 41.7 Å². The molecular weight excluding hydrogens is 317 g/mol. The summed E-state index contributed by atoms with van der Waals surface area (Å²) in [5.74, 6) is 0.0250. The first-order valence-corrected chi connectivity index (χ1v) is 7.65. The number of aromatic nitrogens is 4. The first-order valence-electron chi connectivity index (χ1n) is 6.10. The van der Waals surface area contributed by atoms with E-state index < -0.39 is 22.7 Å². The van der Waals surface area contributed by atoms with E-state index in [-0.39, 0.29) is 16.5 Å². The molecule has 1 unspecified atom stereocenters. The van der Waals surface area contributed by atoms with Crippen LogP contribution in [0, 0.1) is 0 Å². The van der Waals surface area contributed by atoms with E-state index in [1.165, 1.54) is 6.26 Å². The van der Waals surface area contributed by atoms with Crippen molar-refractivity contribution in [2.75, 3.05) is 6.26 Å². The van der Waals surface area contributed by atoms with Crippen molar-refractivity contribution in [3.05, 3.63) is 42.2 Å². The number of rotatable bonds is 2. The molecule has 2 heterocycles. The maximum absolute atomic E-state index is 13.1. The van der Waals surface area contributed by atoms with Crippen LogP contribution in [0.3, 0.4) is 0 Å². The predicted molar refractivity (Wildman–Crippen MR) is 73.6 cm³/mol. The van der Waals surface area contributed by atoms with Crippen molar-refractivity contribution in [1.29, 1.82) is 0 Å². The zero-order chi connectivity index (χ0) is 15.9. The molecule has 0 N–H and O–H groups in total. The Morgan fingerprint density at radius 1 is 1.18 bits per heavy atom. The standard InChI is InChI=1S/C13H9F3N4OS/c1-22(21)12-17-7-9-10(13(14,15)16)18-11(20(9)19-12)8-5-3-2-4-6-8/h2-7H,1H3. The van der Waals surface area contributed by atoms with Gasteiger partial charge in [-0.05, 0) is 0 Å². The van der Waals surface area contributed by atoms with Gasteiger partial charge >= 0.3 is 6.18 Å². The molecule has 0 aliphatic rings. The van der Waals surface area contributed by atoms with Crippen LogP contribution in [-0.2, 0) is 17.0 Å². The second kappa shape index (κ2) is 5.16. The average molecular weight is 326 g/mol. The Bertz CT molecular complexity index is 861. The number of hydrogen-bond donors (Lipinski definition) is 0. The largest absolute Gasteiger partial charge is 0.435 e. The quantitative estimate of drug-likeness (QED) is 0.726. The third kappa shape index (κ3) is 2.47. The van der Waals surface area contributed by atoms with E-state index in [1.807, 2.05) is 0 Å². The highest BCUT2D eigenvalue weighted by atomic mass is 32.2. The van der Waals surface area contributed by atoms with Crippen LogP contribution in [0.4, 0.5) is 13.2 Å². The minimum Gasteiger partial charge on any atom is -0.251 e. The van der Waals surface area contributed by atoms with Crippen molar-refractivity contribution in [3.63, 3.8) is 0 Å². The van der Waals surface area contributed by atoms with E-state index in [0.717, 1.165) is 10.7 Å². The average Bonchev–Trinajstić information content (AvgIpc) is 2.86. The predicted octanol–water partition coefficient (Wildman–Crippen LogP) is 2.55. The summed E-state index contributed by atoms with van der Waals surface area (Å²) in [5, 5.41) is 3.87. The third-order valence-electron chi connectivity index (χ3n) is 2.93. The van der Waals surface area contributed by atoms with Gasteiger partial charge in [0.15, 0.2) is 11.5 Å². The number of hydrogen-bond acceptors (Lipinski definition) is 4. The maximum atomic E-state index is 13.1. The van der Waals surface area contributed by atoms with Crippen LogP contribution >= 0.6 is 0 Å². The van der Waals surface area contributed by atoms with E-state index in [9.17, 15) is 17.4 Å². The van der Waals surface area contributed by atoms with Gasteiger partial charge in [-0.2, -0.15) is 13.2 Å². The molecule has 0 fully saturated rings. The van der Waals surface area contributed by atoms with Crippen LogP contribution in [0.2, 0.25) is 0 Å². The molecule has 0 saturated carbocycles. The number of benzene rings is 1. The van der Waals surface area contributed by atoms with Crippen molar-refractivity contribution in [2.45, 2.75) is 11.3 Å². The van der Waals surface area contributed by atoms with Gasteiger partial charge < -0.3 is 0 Å². The van der Waals surface area contributed by atoms with Gasteiger partial charge in [0.25, 0.3) is 0 Å². The minimum atomic E-state index is -4.63. The summed E-state index contributed by atoms with van der Waals surface area (Å²) in [6, 6.07) is 8.36. The zero-order valence-electron chi connectivity index (χ0n) is 11.2. The Morgan fingerprint density at radius 3 is 2.45 bits per heavy atom. The van der Waals surface area contributed by atoms with Gasteiger partial charge in [-0.15, -0.1) is 5.10 Å². The highest BCUT2D eigenvalue weighted by Gasteiger charge is 2.37. The summed E-state index contributed by atoms with van der Waals surface area (Å²) in [5.41, 5.74) is -0.875. The molecule has 2 aromatic heterocycles. The first-order chi connectivity index (χ1) is 10.4. The molecular formula is C13H9F3N4OS. The SMILES string of the molecule is CS(=O)c1ncc2c(C(F)(F)F)nc(-c3ccccc3)n2n1. The molecule has 5 nitrogen and oxygen atoms in total. The summed E-state index contributed by atoms with van der Waals surface area (Å²) in [6.07, 6.45) is -2.29. The van der Waals surface area contributed by atoms with E-state index in [2.05, 4.69) is 15.1 Å². The summed E-state index contributed by atoms with van der Waals surface area (Å²) in [7, 11) is -1.51. The third-order valence-corrected chi connectivity index (χ3v) is 3.63. The van der Waals surface area contributed by atoms with Gasteiger partial charge in [-0.25, -0.2) is 14.5 Å². The van der Waals surface area contributed by atoms with Gasteiger partial charge in [0.05, 0.1) is 17.0 Å². The van der Waals surface area contributed by atoms with Gasteiger partial charge in [0.2, 0.25) is 5.16 Å². The molecule has 0 radical (unpaired) electrons. The zero-order valence-corrected chi connectivity index (χ0v) is 12.0. The van der Waals surface area contributed by atoms with Crippen molar-refractivity contribution in [2.24, 2.45) is 0 Å². The van der Waals surface area contributed by atoms with Gasteiger partial charge in [-0.3, -0.25) is 4.21 Å². The number of fused-ring (bicyclic) bond motifs is 1. The van der Waals surface area contributed by atoms with Crippen LogP contribution < -0.4 is 0 Å². The minimum absolute atomic E-state index is 0.0250. The fourth-order valence-corrected chi connectivity index (χ4v) is 2.38. The highest BCUT2D eigenvalue weighted by molar-refractivity contribution is 7.84. The summed E-state index contributed by atoms with van der Waals surface area (Å²) in [6.45, 7) is 0. The number of nitrogens with zero attached hydrogens (tertiary/aromatic N) is 4. The molecule has 0 spiro atoms. The van der Waals surface area contributed by atoms with Crippen molar-refractivity contribution >= 4 is 16.3 Å². The second-order valence-corrected chi connectivity index (χ2v) is 5.71. The molecule has 3 aromatic rings. The summed E-state index contributed by atoms with van der Waals surface area (Å²) >= 11 is 0. The topological polar surface area (TPSA) is 60.2 Å². The lowest BCUT2D eigenvalue weighted by Gasteiger charge is -2.02. The molecule has 0 bridgehead atoms. The fourth-order valence-electron chi connectivity index (χ4n) is 1.98. The van der Waals surface area contributed by atoms with E-state index in [1.54, 1.807) is 30.3 Å². The normalized spacial score (nSPS) is 13.5. The van der Waals surface area contributed by atoms with Crippen molar-refractivity contribution < 1.29 is 17.4 Å². The van der Waals surface area contributed by atoms with Crippen molar-refractivity contribution in [1.82, 2.24) is 19.6 Å². The fraction of sp³-hybridized carbons (Fsp3) is 0.154. The van der Waals surface area contributed by atoms with Crippen LogP contribution in [0.25, 0.3) is 16.9 Å². The Hall–Kier alpha value is -2.29. The monoisotopic (exact) mass is 326 g/mol. The molecule has 0 amide bonds. The summed E-state index contributed by atoms with van der Waals surface area (Å²) < 4.78 is 51.8. The Balaban J connectivity index is 2.35. The number of alkyl halides is 3. The van der Waals surface area contributed by atoms with Crippen LogP contribution in [0.5, 0.6) is 0 Å². The van der Waals surface area contributed by atoms with Gasteiger partial charge in [0, 0.05) is 11.8 Å². The lowest BCUT2D eigenvalue weighted by molar-refractivity contribution is -0.139. The van der Waals surface area contributed by atoms with E-state index in [0.29, 0.717) is 5.56 Å². The Labute approximate surface area is 125 Å².